The molecule has 0 saturated carbocycles. The molecule has 0 aliphatic rings. The first-order valence-electron chi connectivity index (χ1n) is 5.71. The first-order chi connectivity index (χ1) is 8.60. The Morgan fingerprint density at radius 3 is 2.39 bits per heavy atom. The molecule has 0 aliphatic carbocycles. The van der Waals surface area contributed by atoms with Gasteiger partial charge in [-0.05, 0) is 19.5 Å². The maximum atomic E-state index is 12.0. The minimum Gasteiger partial charge on any atom is -0.492 e. The lowest BCUT2D eigenvalue weighted by Gasteiger charge is -2.16. The molecule has 0 aromatic heterocycles. The molecular weight excluding hydrogens is 254 g/mol. The van der Waals surface area contributed by atoms with Crippen LogP contribution in [-0.4, -0.2) is 33.6 Å². The minimum absolute atomic E-state index is 0.0165. The lowest BCUT2D eigenvalue weighted by molar-refractivity contribution is 0.0992. The maximum absolute atomic E-state index is 12.0. The molecule has 0 radical (unpaired) electrons. The van der Waals surface area contributed by atoms with E-state index in [-0.39, 0.29) is 12.3 Å². The number of hydrogen-bond acceptors (Lipinski definition) is 4. The first-order valence-corrected chi connectivity index (χ1v) is 6.09. The van der Waals surface area contributed by atoms with E-state index in [0.29, 0.717) is 28.5 Å². The average molecular weight is 272 g/mol. The first kappa shape index (κ1) is 14.8. The molecule has 18 heavy (non-hydrogen) atoms. The fourth-order valence-electron chi connectivity index (χ4n) is 1.91. The Bertz CT molecular complexity index is 446. The maximum Gasteiger partial charge on any atom is 0.179 e. The Labute approximate surface area is 112 Å². The Morgan fingerprint density at radius 2 is 1.94 bits per heavy atom. The molecule has 0 unspecified atom stereocenters. The van der Waals surface area contributed by atoms with Crippen LogP contribution in [-0.2, 0) is 6.42 Å². The fraction of sp³-hybridized carbons (Fsp3) is 0.462. The molecule has 0 saturated heterocycles. The van der Waals surface area contributed by atoms with Crippen LogP contribution in [0.5, 0.6) is 11.5 Å². The Balaban J connectivity index is 3.44. The molecular formula is C13H18ClNO3. The summed E-state index contributed by atoms with van der Waals surface area (Å²) in [7, 11) is 4.80. The smallest absolute Gasteiger partial charge is 0.179 e. The number of ether oxygens (including phenoxy) is 2. The number of nitrogens with one attached hydrogen (secondary N) is 1. The zero-order valence-corrected chi connectivity index (χ0v) is 11.9. The molecule has 0 heterocycles. The Kier molecular flexibility index (Phi) is 5.44. The third kappa shape index (κ3) is 2.76. The van der Waals surface area contributed by atoms with Gasteiger partial charge in [0.2, 0.25) is 0 Å². The molecule has 0 amide bonds. The number of carbonyl (C=O) groups is 1. The molecule has 5 heteroatoms. The number of hydrogen-bond donors (Lipinski definition) is 1. The van der Waals surface area contributed by atoms with Gasteiger partial charge < -0.3 is 14.8 Å². The summed E-state index contributed by atoms with van der Waals surface area (Å²) < 4.78 is 10.5. The quantitative estimate of drug-likeness (QED) is 0.807. The van der Waals surface area contributed by atoms with Crippen LogP contribution in [0.2, 0.25) is 5.02 Å². The summed E-state index contributed by atoms with van der Waals surface area (Å²) in [4.78, 5) is 12.0. The summed E-state index contributed by atoms with van der Waals surface area (Å²) in [5, 5.41) is 3.22. The third-order valence-corrected chi connectivity index (χ3v) is 2.97. The van der Waals surface area contributed by atoms with E-state index in [0.717, 1.165) is 5.56 Å². The van der Waals surface area contributed by atoms with Gasteiger partial charge in [-0.2, -0.15) is 0 Å². The van der Waals surface area contributed by atoms with E-state index >= 15 is 0 Å². The molecule has 0 atom stereocenters. The normalized spacial score (nSPS) is 10.3. The second-order valence-corrected chi connectivity index (χ2v) is 4.17. The summed E-state index contributed by atoms with van der Waals surface area (Å²) in [6.45, 7) is 2.22. The van der Waals surface area contributed by atoms with Crippen LogP contribution >= 0.6 is 11.6 Å². The highest BCUT2D eigenvalue weighted by molar-refractivity contribution is 6.32. The van der Waals surface area contributed by atoms with Crippen LogP contribution in [0.3, 0.4) is 0 Å². The van der Waals surface area contributed by atoms with Crippen LogP contribution in [0, 0.1) is 0 Å². The number of methoxy groups -OCH3 is 2. The molecule has 4 nitrogen and oxygen atoms in total. The standard InChI is InChI=1S/C13H18ClNO3/c1-5-8-9(11(16)7-15-2)6-10(14)13(18-4)12(8)17-3/h6,15H,5,7H2,1-4H3. The van der Waals surface area contributed by atoms with Crippen molar-refractivity contribution in [2.45, 2.75) is 13.3 Å². The lowest BCUT2D eigenvalue weighted by Crippen LogP contribution is -2.20. The molecule has 1 aromatic carbocycles. The van der Waals surface area contributed by atoms with Crippen molar-refractivity contribution in [3.05, 3.63) is 22.2 Å². The SMILES string of the molecule is CCc1c(C(=O)CNC)cc(Cl)c(OC)c1OC. The fourth-order valence-corrected chi connectivity index (χ4v) is 2.18. The number of benzene rings is 1. The van der Waals surface area contributed by atoms with Gasteiger partial charge in [-0.3, -0.25) is 4.79 Å². The van der Waals surface area contributed by atoms with E-state index in [2.05, 4.69) is 5.32 Å². The van der Waals surface area contributed by atoms with Gasteiger partial charge in [0.15, 0.2) is 17.3 Å². The molecule has 0 spiro atoms. The summed E-state index contributed by atoms with van der Waals surface area (Å²) in [6.07, 6.45) is 0.668. The van der Waals surface area contributed by atoms with Crippen molar-refractivity contribution >= 4 is 17.4 Å². The van der Waals surface area contributed by atoms with Crippen LogP contribution in [0.15, 0.2) is 6.07 Å². The highest BCUT2D eigenvalue weighted by Crippen LogP contribution is 2.40. The highest BCUT2D eigenvalue weighted by Gasteiger charge is 2.21. The van der Waals surface area contributed by atoms with Crippen molar-refractivity contribution in [2.75, 3.05) is 27.8 Å². The highest BCUT2D eigenvalue weighted by atomic mass is 35.5. The van der Waals surface area contributed by atoms with Crippen LogP contribution in [0.25, 0.3) is 0 Å². The van der Waals surface area contributed by atoms with E-state index in [1.165, 1.54) is 7.11 Å². The molecule has 0 fully saturated rings. The predicted molar refractivity (Wildman–Crippen MR) is 72.2 cm³/mol. The topological polar surface area (TPSA) is 47.6 Å². The Morgan fingerprint density at radius 1 is 1.33 bits per heavy atom. The largest absolute Gasteiger partial charge is 0.492 e. The second kappa shape index (κ2) is 6.61. The van der Waals surface area contributed by atoms with Crippen molar-refractivity contribution in [1.29, 1.82) is 0 Å². The number of ketones is 1. The molecule has 1 N–H and O–H groups in total. The lowest BCUT2D eigenvalue weighted by atomic mass is 9.99. The van der Waals surface area contributed by atoms with Crippen molar-refractivity contribution in [1.82, 2.24) is 5.32 Å². The zero-order valence-electron chi connectivity index (χ0n) is 11.1. The van der Waals surface area contributed by atoms with Gasteiger partial charge in [-0.15, -0.1) is 0 Å². The van der Waals surface area contributed by atoms with Crippen LogP contribution in [0.4, 0.5) is 0 Å². The predicted octanol–water partition coefficient (Wildman–Crippen LogP) is 2.32. The summed E-state index contributed by atoms with van der Waals surface area (Å²) in [6, 6.07) is 1.64. The van der Waals surface area contributed by atoms with E-state index in [1.54, 1.807) is 20.2 Å². The zero-order chi connectivity index (χ0) is 13.7. The second-order valence-electron chi connectivity index (χ2n) is 3.76. The van der Waals surface area contributed by atoms with Crippen LogP contribution in [0.1, 0.15) is 22.8 Å². The van der Waals surface area contributed by atoms with Crippen LogP contribution < -0.4 is 14.8 Å². The van der Waals surface area contributed by atoms with Crippen molar-refractivity contribution in [2.24, 2.45) is 0 Å². The van der Waals surface area contributed by atoms with Gasteiger partial charge in [0.25, 0.3) is 0 Å². The number of rotatable bonds is 6. The van der Waals surface area contributed by atoms with Crippen molar-refractivity contribution < 1.29 is 14.3 Å². The molecule has 0 bridgehead atoms. The summed E-state index contributed by atoms with van der Waals surface area (Å²) in [5.74, 6) is 0.987. The number of likely N-dealkylation sites (N-methyl/N-ethyl adjacent to an activating group) is 1. The number of carbonyl (C=O) groups excluding carboxylic acids is 1. The van der Waals surface area contributed by atoms with Gasteiger partial charge >= 0.3 is 0 Å². The molecule has 1 rings (SSSR count). The number of Topliss-reactive ketones (excluding diaryl/α,β-unsaturated/α-hetero) is 1. The van der Waals surface area contributed by atoms with E-state index in [4.69, 9.17) is 21.1 Å². The average Bonchev–Trinajstić information content (AvgIpc) is 2.37. The minimum atomic E-state index is -0.0165. The van der Waals surface area contributed by atoms with E-state index < -0.39 is 0 Å². The van der Waals surface area contributed by atoms with Gasteiger partial charge in [0, 0.05) is 11.1 Å². The van der Waals surface area contributed by atoms with Gasteiger partial charge in [0.05, 0.1) is 25.8 Å². The van der Waals surface area contributed by atoms with E-state index in [9.17, 15) is 4.79 Å². The Hall–Kier alpha value is -1.26. The van der Waals surface area contributed by atoms with Gasteiger partial charge in [0.1, 0.15) is 0 Å². The monoisotopic (exact) mass is 271 g/mol. The van der Waals surface area contributed by atoms with Gasteiger partial charge in [-0.25, -0.2) is 0 Å². The van der Waals surface area contributed by atoms with Crippen molar-refractivity contribution in [3.8, 4) is 11.5 Å². The molecule has 100 valence electrons. The van der Waals surface area contributed by atoms with E-state index in [1.807, 2.05) is 6.92 Å². The molecule has 0 aliphatic heterocycles. The van der Waals surface area contributed by atoms with Crippen molar-refractivity contribution in [3.63, 3.8) is 0 Å². The number of halogens is 1. The summed E-state index contributed by atoms with van der Waals surface area (Å²) in [5.41, 5.74) is 1.40. The summed E-state index contributed by atoms with van der Waals surface area (Å²) >= 11 is 6.11. The molecule has 1 aromatic rings. The van der Waals surface area contributed by atoms with Gasteiger partial charge in [-0.1, -0.05) is 18.5 Å². The third-order valence-electron chi connectivity index (χ3n) is 2.69.